The van der Waals surface area contributed by atoms with Crippen LogP contribution in [0.3, 0.4) is 0 Å². The number of aromatic nitrogens is 2. The van der Waals surface area contributed by atoms with Crippen molar-refractivity contribution in [3.05, 3.63) is 35.4 Å². The lowest BCUT2D eigenvalue weighted by Crippen LogP contribution is -2.35. The first-order chi connectivity index (χ1) is 13.1. The molecule has 11 heteroatoms. The Bertz CT molecular complexity index is 834. The van der Waals surface area contributed by atoms with E-state index in [0.29, 0.717) is 18.3 Å². The van der Waals surface area contributed by atoms with Crippen LogP contribution in [-0.2, 0) is 21.5 Å². The van der Waals surface area contributed by atoms with Crippen LogP contribution in [0.5, 0.6) is 0 Å². The monoisotopic (exact) mass is 403 g/mol. The number of aliphatic carboxylic acids is 1. The predicted molar refractivity (Wildman–Crippen MR) is 87.4 cm³/mol. The molecule has 4 rings (SSSR count). The molecule has 28 heavy (non-hydrogen) atoms. The molecule has 2 aliphatic heterocycles. The van der Waals surface area contributed by atoms with Crippen LogP contribution < -0.4 is 0 Å². The van der Waals surface area contributed by atoms with E-state index < -0.39 is 12.1 Å². The molecule has 2 aliphatic rings. The molecule has 8 nitrogen and oxygen atoms in total. The second-order valence-corrected chi connectivity index (χ2v) is 7.00. The van der Waals surface area contributed by atoms with E-state index in [2.05, 4.69) is 15.0 Å². The molecule has 2 aromatic rings. The van der Waals surface area contributed by atoms with Crippen LogP contribution in [0.25, 0.3) is 0 Å². The fraction of sp³-hybridized carbons (Fsp3) is 0.588. The number of aryl methyl sites for hydroxylation is 2. The topological polar surface area (TPSA) is 102 Å². The van der Waals surface area contributed by atoms with E-state index in [1.54, 1.807) is 0 Å². The molecular formula is C17H20F3N3O5. The summed E-state index contributed by atoms with van der Waals surface area (Å²) in [6.45, 7) is 7.91. The quantitative estimate of drug-likeness (QED) is 0.833. The van der Waals surface area contributed by atoms with Gasteiger partial charge < -0.3 is 18.8 Å². The highest BCUT2D eigenvalue weighted by Gasteiger charge is 2.55. The standard InChI is InChI=1S/C15H19N3O3.C2HF3O2/c1-10-3-4-13(20-10)6-18-5-12-7-19-9-15(12,8-18)14-16-11(2)17-21-14;3-2(4,5)1(6)7/h3-4,12H,5-9H2,1-2H3;(H,6,7)/t12-,15-;/m1./s1. The Labute approximate surface area is 158 Å². The van der Waals surface area contributed by atoms with E-state index in [1.807, 2.05) is 26.0 Å². The first-order valence-corrected chi connectivity index (χ1v) is 8.56. The van der Waals surface area contributed by atoms with Crippen LogP contribution in [-0.4, -0.2) is 58.6 Å². The van der Waals surface area contributed by atoms with Gasteiger partial charge in [-0.2, -0.15) is 18.2 Å². The van der Waals surface area contributed by atoms with E-state index in [9.17, 15) is 13.2 Å². The smallest absolute Gasteiger partial charge is 0.475 e. The third-order valence-electron chi connectivity index (χ3n) is 4.82. The molecule has 2 aromatic heterocycles. The van der Waals surface area contributed by atoms with E-state index in [0.717, 1.165) is 43.7 Å². The van der Waals surface area contributed by atoms with E-state index in [1.165, 1.54) is 0 Å². The van der Waals surface area contributed by atoms with Gasteiger partial charge in [-0.25, -0.2) is 4.79 Å². The van der Waals surface area contributed by atoms with Gasteiger partial charge in [-0.05, 0) is 26.0 Å². The third-order valence-corrected chi connectivity index (χ3v) is 4.82. The molecule has 0 spiro atoms. The van der Waals surface area contributed by atoms with Crippen molar-refractivity contribution < 1.29 is 36.7 Å². The summed E-state index contributed by atoms with van der Waals surface area (Å²) in [5.74, 6) is 1.02. The van der Waals surface area contributed by atoms with E-state index in [4.69, 9.17) is 23.6 Å². The minimum absolute atomic E-state index is 0.150. The summed E-state index contributed by atoms with van der Waals surface area (Å²) >= 11 is 0. The van der Waals surface area contributed by atoms with Crippen molar-refractivity contribution in [3.8, 4) is 0 Å². The summed E-state index contributed by atoms with van der Waals surface area (Å²) in [7, 11) is 0. The summed E-state index contributed by atoms with van der Waals surface area (Å²) in [4.78, 5) is 15.8. The van der Waals surface area contributed by atoms with Crippen molar-refractivity contribution in [2.24, 2.45) is 5.92 Å². The summed E-state index contributed by atoms with van der Waals surface area (Å²) < 4.78 is 48.6. The fourth-order valence-electron chi connectivity index (χ4n) is 3.55. The zero-order chi connectivity index (χ0) is 20.5. The van der Waals surface area contributed by atoms with Gasteiger partial charge in [0.05, 0.1) is 25.2 Å². The second-order valence-electron chi connectivity index (χ2n) is 7.00. The lowest BCUT2D eigenvalue weighted by Gasteiger charge is -2.22. The van der Waals surface area contributed by atoms with Crippen molar-refractivity contribution in [1.29, 1.82) is 0 Å². The van der Waals surface area contributed by atoms with E-state index >= 15 is 0 Å². The highest BCUT2D eigenvalue weighted by molar-refractivity contribution is 5.73. The number of carboxylic acid groups (broad SMARTS) is 1. The Hall–Kier alpha value is -2.40. The highest BCUT2D eigenvalue weighted by atomic mass is 19.4. The van der Waals surface area contributed by atoms with Crippen LogP contribution in [0.1, 0.15) is 23.2 Å². The number of ether oxygens (including phenoxy) is 1. The number of nitrogens with zero attached hydrogens (tertiary/aromatic N) is 3. The van der Waals surface area contributed by atoms with Gasteiger partial charge in [-0.3, -0.25) is 4.90 Å². The summed E-state index contributed by atoms with van der Waals surface area (Å²) in [6.07, 6.45) is -5.08. The molecule has 0 saturated carbocycles. The Balaban J connectivity index is 0.000000279. The molecule has 0 radical (unpaired) electrons. The largest absolute Gasteiger partial charge is 0.490 e. The third kappa shape index (κ3) is 4.20. The molecule has 0 bridgehead atoms. The lowest BCUT2D eigenvalue weighted by atomic mass is 9.81. The van der Waals surface area contributed by atoms with Gasteiger partial charge in [-0.1, -0.05) is 5.16 Å². The van der Waals surface area contributed by atoms with Crippen molar-refractivity contribution in [2.45, 2.75) is 32.0 Å². The first-order valence-electron chi connectivity index (χ1n) is 8.56. The molecule has 0 aliphatic carbocycles. The normalized spacial score (nSPS) is 24.7. The van der Waals surface area contributed by atoms with Crippen molar-refractivity contribution in [2.75, 3.05) is 26.3 Å². The van der Waals surface area contributed by atoms with Gasteiger partial charge in [0.2, 0.25) is 5.89 Å². The van der Waals surface area contributed by atoms with Crippen LogP contribution in [0.2, 0.25) is 0 Å². The molecule has 0 aromatic carbocycles. The predicted octanol–water partition coefficient (Wildman–Crippen LogP) is 2.31. The Morgan fingerprint density at radius 1 is 1.39 bits per heavy atom. The first kappa shape index (κ1) is 20.3. The molecule has 2 atom stereocenters. The van der Waals surface area contributed by atoms with Crippen LogP contribution in [0.15, 0.2) is 21.1 Å². The maximum absolute atomic E-state index is 10.6. The molecule has 0 unspecified atom stereocenters. The molecule has 4 heterocycles. The minimum Gasteiger partial charge on any atom is -0.475 e. The summed E-state index contributed by atoms with van der Waals surface area (Å²) in [5, 5.41) is 11.1. The number of halogens is 3. The fourth-order valence-corrected chi connectivity index (χ4v) is 3.55. The number of carbonyl (C=O) groups is 1. The van der Waals surface area contributed by atoms with Crippen LogP contribution in [0.4, 0.5) is 13.2 Å². The second kappa shape index (κ2) is 7.55. The molecule has 2 fully saturated rings. The number of furan rings is 1. The average Bonchev–Trinajstić information content (AvgIpc) is 3.32. The van der Waals surface area contributed by atoms with Gasteiger partial charge in [0.1, 0.15) is 11.5 Å². The van der Waals surface area contributed by atoms with Gasteiger partial charge in [-0.15, -0.1) is 0 Å². The van der Waals surface area contributed by atoms with Gasteiger partial charge in [0.25, 0.3) is 0 Å². The lowest BCUT2D eigenvalue weighted by molar-refractivity contribution is -0.192. The number of fused-ring (bicyclic) bond motifs is 1. The number of carboxylic acids is 1. The number of hydrogen-bond acceptors (Lipinski definition) is 7. The number of likely N-dealkylation sites (tertiary alicyclic amines) is 1. The van der Waals surface area contributed by atoms with Crippen molar-refractivity contribution >= 4 is 5.97 Å². The van der Waals surface area contributed by atoms with Crippen LogP contribution in [0, 0.1) is 19.8 Å². The number of hydrogen-bond donors (Lipinski definition) is 1. The summed E-state index contributed by atoms with van der Waals surface area (Å²) in [6, 6.07) is 4.05. The average molecular weight is 403 g/mol. The van der Waals surface area contributed by atoms with Crippen LogP contribution >= 0.6 is 0 Å². The maximum Gasteiger partial charge on any atom is 0.490 e. The minimum atomic E-state index is -5.08. The number of rotatable bonds is 3. The molecule has 1 N–H and O–H groups in total. The Morgan fingerprint density at radius 2 is 2.11 bits per heavy atom. The van der Waals surface area contributed by atoms with Crippen molar-refractivity contribution in [1.82, 2.24) is 15.0 Å². The van der Waals surface area contributed by atoms with Gasteiger partial charge in [0.15, 0.2) is 5.82 Å². The highest BCUT2D eigenvalue weighted by Crippen LogP contribution is 2.43. The molecule has 2 saturated heterocycles. The maximum atomic E-state index is 10.6. The van der Waals surface area contributed by atoms with Crippen molar-refractivity contribution in [3.63, 3.8) is 0 Å². The van der Waals surface area contributed by atoms with E-state index in [-0.39, 0.29) is 5.41 Å². The zero-order valence-electron chi connectivity index (χ0n) is 15.3. The zero-order valence-corrected chi connectivity index (χ0v) is 15.3. The number of alkyl halides is 3. The summed E-state index contributed by atoms with van der Waals surface area (Å²) in [5.41, 5.74) is -0.150. The Morgan fingerprint density at radius 3 is 2.64 bits per heavy atom. The van der Waals surface area contributed by atoms with Gasteiger partial charge >= 0.3 is 12.1 Å². The molecular weight excluding hydrogens is 383 g/mol. The molecule has 154 valence electrons. The molecule has 0 amide bonds. The Kier molecular flexibility index (Phi) is 5.48. The van der Waals surface area contributed by atoms with Gasteiger partial charge in [0, 0.05) is 19.0 Å². The SMILES string of the molecule is Cc1noc([C@]23COC[C@H]2CN(Cc2ccc(C)o2)C3)n1.O=C(O)C(F)(F)F.